The Morgan fingerprint density at radius 1 is 1.25 bits per heavy atom. The molecule has 0 N–H and O–H groups in total. The highest BCUT2D eigenvalue weighted by Crippen LogP contribution is 2.25. The summed E-state index contributed by atoms with van der Waals surface area (Å²) < 4.78 is 13.0. The summed E-state index contributed by atoms with van der Waals surface area (Å²) in [4.78, 5) is 9.71. The minimum absolute atomic E-state index is 0.493. The number of thiazole rings is 2. The van der Waals surface area contributed by atoms with E-state index in [0.717, 1.165) is 21.1 Å². The number of nitrogens with zero attached hydrogens (tertiary/aromatic N) is 2. The lowest BCUT2D eigenvalue weighted by Gasteiger charge is -1.96. The number of aromatic nitrogens is 2. The molecule has 1 aromatic carbocycles. The summed E-state index contributed by atoms with van der Waals surface area (Å²) in [5, 5.41) is 2.96. The van der Waals surface area contributed by atoms with Crippen LogP contribution in [0.3, 0.4) is 0 Å². The summed E-state index contributed by atoms with van der Waals surface area (Å²) in [5.74, 6) is 0.493. The Labute approximate surface area is 127 Å². The smallest absolute Gasteiger partial charge is 0.181 e. The number of aryl methyl sites for hydroxylation is 1. The summed E-state index contributed by atoms with van der Waals surface area (Å²) >= 11 is 3.04. The van der Waals surface area contributed by atoms with Crippen LogP contribution in [0.2, 0.25) is 0 Å². The van der Waals surface area contributed by atoms with E-state index in [0.29, 0.717) is 10.1 Å². The molecule has 0 saturated carbocycles. The van der Waals surface area contributed by atoms with E-state index in [1.54, 1.807) is 17.5 Å². The Bertz CT molecular complexity index is 734. The van der Waals surface area contributed by atoms with Gasteiger partial charge in [-0.05, 0) is 6.92 Å². The summed E-state index contributed by atoms with van der Waals surface area (Å²) in [6.45, 7) is 1.95. The molecule has 0 amide bonds. The Balaban J connectivity index is 1.78. The van der Waals surface area contributed by atoms with Crippen LogP contribution in [0.15, 0.2) is 46.2 Å². The molecule has 2 heterocycles. The number of benzene rings is 1. The second-order valence-corrected chi connectivity index (χ2v) is 8.00. The van der Waals surface area contributed by atoms with E-state index < -0.39 is 10.8 Å². The van der Waals surface area contributed by atoms with E-state index in [1.807, 2.05) is 42.6 Å². The maximum absolute atomic E-state index is 12.3. The van der Waals surface area contributed by atoms with Crippen LogP contribution in [0.1, 0.15) is 9.88 Å². The van der Waals surface area contributed by atoms with Crippen LogP contribution in [0, 0.1) is 6.92 Å². The molecule has 3 aromatic rings. The van der Waals surface area contributed by atoms with Crippen LogP contribution in [-0.4, -0.2) is 14.2 Å². The number of hydrogen-bond donors (Lipinski definition) is 0. The average molecular weight is 320 g/mol. The molecule has 1 atom stereocenters. The van der Waals surface area contributed by atoms with Gasteiger partial charge in [0.25, 0.3) is 0 Å². The lowest BCUT2D eigenvalue weighted by atomic mass is 10.2. The minimum atomic E-state index is -1.10. The van der Waals surface area contributed by atoms with Crippen molar-refractivity contribution < 1.29 is 4.21 Å². The molecule has 0 aliphatic heterocycles. The zero-order chi connectivity index (χ0) is 13.9. The molecule has 3 nitrogen and oxygen atoms in total. The van der Waals surface area contributed by atoms with Crippen LogP contribution >= 0.6 is 22.7 Å². The summed E-state index contributed by atoms with van der Waals surface area (Å²) in [6.07, 6.45) is 1.80. The van der Waals surface area contributed by atoms with E-state index in [4.69, 9.17) is 0 Å². The van der Waals surface area contributed by atoms with Crippen molar-refractivity contribution in [2.24, 2.45) is 0 Å². The lowest BCUT2D eigenvalue weighted by molar-refractivity contribution is 0.682. The van der Waals surface area contributed by atoms with Crippen molar-refractivity contribution in [2.75, 3.05) is 0 Å². The molecule has 0 fully saturated rings. The third-order valence-corrected chi connectivity index (χ3v) is 6.32. The van der Waals surface area contributed by atoms with Crippen molar-refractivity contribution in [1.82, 2.24) is 9.97 Å². The Kier molecular flexibility index (Phi) is 4.05. The van der Waals surface area contributed by atoms with Gasteiger partial charge in [-0.2, -0.15) is 0 Å². The van der Waals surface area contributed by atoms with Crippen LogP contribution in [0.4, 0.5) is 0 Å². The van der Waals surface area contributed by atoms with Gasteiger partial charge < -0.3 is 0 Å². The molecular weight excluding hydrogens is 308 g/mol. The highest BCUT2D eigenvalue weighted by molar-refractivity contribution is 7.86. The van der Waals surface area contributed by atoms with Gasteiger partial charge in [0.1, 0.15) is 0 Å². The van der Waals surface area contributed by atoms with Crippen molar-refractivity contribution in [2.45, 2.75) is 17.0 Å². The molecular formula is C14H12N2OS3. The highest BCUT2D eigenvalue weighted by atomic mass is 32.2. The normalized spacial score (nSPS) is 12.4. The number of rotatable bonds is 4. The van der Waals surface area contributed by atoms with E-state index >= 15 is 0 Å². The predicted octanol–water partition coefficient (Wildman–Crippen LogP) is 3.88. The van der Waals surface area contributed by atoms with Gasteiger partial charge in [0.2, 0.25) is 0 Å². The van der Waals surface area contributed by atoms with E-state index in [9.17, 15) is 4.21 Å². The minimum Gasteiger partial charge on any atom is -0.252 e. The molecule has 3 rings (SSSR count). The molecule has 20 heavy (non-hydrogen) atoms. The third-order valence-electron chi connectivity index (χ3n) is 2.69. The van der Waals surface area contributed by atoms with Gasteiger partial charge in [-0.3, -0.25) is 4.21 Å². The fraction of sp³-hybridized carbons (Fsp3) is 0.143. The second kappa shape index (κ2) is 5.95. The first kappa shape index (κ1) is 13.6. The average Bonchev–Trinajstić information content (AvgIpc) is 3.09. The van der Waals surface area contributed by atoms with E-state index in [-0.39, 0.29) is 0 Å². The van der Waals surface area contributed by atoms with Crippen molar-refractivity contribution in [1.29, 1.82) is 0 Å². The third kappa shape index (κ3) is 3.03. The molecule has 0 saturated heterocycles. The van der Waals surface area contributed by atoms with Gasteiger partial charge in [0.05, 0.1) is 27.3 Å². The fourth-order valence-corrected chi connectivity index (χ4v) is 4.87. The summed E-state index contributed by atoms with van der Waals surface area (Å²) in [5.41, 5.74) is 1.94. The molecule has 0 bridgehead atoms. The molecule has 0 aliphatic carbocycles. The quantitative estimate of drug-likeness (QED) is 0.732. The second-order valence-electron chi connectivity index (χ2n) is 4.20. The summed E-state index contributed by atoms with van der Waals surface area (Å²) in [6, 6.07) is 9.94. The van der Waals surface area contributed by atoms with Gasteiger partial charge in [0, 0.05) is 22.0 Å². The number of hydrogen-bond acceptors (Lipinski definition) is 5. The monoisotopic (exact) mass is 320 g/mol. The zero-order valence-electron chi connectivity index (χ0n) is 10.8. The topological polar surface area (TPSA) is 42.9 Å². The molecule has 102 valence electrons. The maximum Gasteiger partial charge on any atom is 0.181 e. The first-order valence-electron chi connectivity index (χ1n) is 6.03. The molecule has 0 radical (unpaired) electrons. The first-order chi connectivity index (χ1) is 9.72. The van der Waals surface area contributed by atoms with Crippen LogP contribution in [0.25, 0.3) is 11.3 Å². The van der Waals surface area contributed by atoms with Crippen molar-refractivity contribution in [3.63, 3.8) is 0 Å². The lowest BCUT2D eigenvalue weighted by Crippen LogP contribution is -1.94. The largest absolute Gasteiger partial charge is 0.252 e. The molecule has 0 aliphatic rings. The molecule has 6 heteroatoms. The van der Waals surface area contributed by atoms with Gasteiger partial charge >= 0.3 is 0 Å². The summed E-state index contributed by atoms with van der Waals surface area (Å²) in [7, 11) is -1.10. The van der Waals surface area contributed by atoms with Gasteiger partial charge in [0.15, 0.2) is 4.34 Å². The van der Waals surface area contributed by atoms with Gasteiger partial charge in [-0.15, -0.1) is 22.7 Å². The van der Waals surface area contributed by atoms with Crippen LogP contribution in [-0.2, 0) is 16.6 Å². The molecule has 1 unspecified atom stereocenters. The van der Waals surface area contributed by atoms with E-state index in [2.05, 4.69) is 9.97 Å². The Morgan fingerprint density at radius 2 is 2.05 bits per heavy atom. The predicted molar refractivity (Wildman–Crippen MR) is 84.5 cm³/mol. The Morgan fingerprint density at radius 3 is 2.75 bits per heavy atom. The zero-order valence-corrected chi connectivity index (χ0v) is 13.2. The van der Waals surface area contributed by atoms with Gasteiger partial charge in [-0.25, -0.2) is 9.97 Å². The Hall–Kier alpha value is -1.37. The molecule has 0 spiro atoms. The van der Waals surface area contributed by atoms with E-state index in [1.165, 1.54) is 11.3 Å². The highest BCUT2D eigenvalue weighted by Gasteiger charge is 2.12. The fourth-order valence-electron chi connectivity index (χ4n) is 1.77. The van der Waals surface area contributed by atoms with Crippen molar-refractivity contribution in [3.05, 3.63) is 51.8 Å². The first-order valence-corrected chi connectivity index (χ1v) is 9.04. The SMILES string of the molecule is Cc1ncc(CS(=O)c2nc(-c3ccccc3)cs2)s1. The van der Waals surface area contributed by atoms with Gasteiger partial charge in [-0.1, -0.05) is 30.3 Å². The van der Waals surface area contributed by atoms with Crippen molar-refractivity contribution >= 4 is 33.5 Å². The van der Waals surface area contributed by atoms with Crippen molar-refractivity contribution in [3.8, 4) is 11.3 Å². The standard InChI is InChI=1S/C14H12N2OS3/c1-10-15-7-12(19-10)9-20(17)14-16-13(8-18-14)11-5-3-2-4-6-11/h2-8H,9H2,1H3. The van der Waals surface area contributed by atoms with Crippen LogP contribution < -0.4 is 0 Å². The maximum atomic E-state index is 12.3. The van der Waals surface area contributed by atoms with Crippen LogP contribution in [0.5, 0.6) is 0 Å². The molecule has 2 aromatic heterocycles.